The molecular weight excluding hydrogens is 294 g/mol. The molecular formula is C13H22ClN5O2. The summed E-state index contributed by atoms with van der Waals surface area (Å²) in [6, 6.07) is 0. The van der Waals surface area contributed by atoms with Crippen molar-refractivity contribution in [2.24, 2.45) is 0 Å². The average Bonchev–Trinajstić information content (AvgIpc) is 3.20. The Hall–Kier alpha value is -1.18. The van der Waals surface area contributed by atoms with Crippen LogP contribution in [0.15, 0.2) is 4.52 Å². The number of nitrogens with zero attached hydrogens (tertiary/aromatic N) is 4. The van der Waals surface area contributed by atoms with E-state index in [1.54, 1.807) is 0 Å². The summed E-state index contributed by atoms with van der Waals surface area (Å²) >= 11 is 0. The smallest absolute Gasteiger partial charge is 0.236 e. The van der Waals surface area contributed by atoms with Gasteiger partial charge in [-0.15, -0.1) is 12.4 Å². The Labute approximate surface area is 130 Å². The highest BCUT2D eigenvalue weighted by molar-refractivity contribution is 5.85. The molecule has 2 heterocycles. The minimum Gasteiger partial charge on any atom is -0.339 e. The third kappa shape index (κ3) is 4.39. The molecule has 1 aliphatic heterocycles. The molecule has 0 atom stereocenters. The summed E-state index contributed by atoms with van der Waals surface area (Å²) in [4.78, 5) is 20.3. The Morgan fingerprint density at radius 3 is 2.81 bits per heavy atom. The lowest BCUT2D eigenvalue weighted by atomic mass is 10.3. The van der Waals surface area contributed by atoms with E-state index >= 15 is 0 Å². The number of hydrogen-bond donors (Lipinski definition) is 1. The predicted octanol–water partition coefficient (Wildman–Crippen LogP) is 0.232. The van der Waals surface area contributed by atoms with Crippen molar-refractivity contribution in [1.82, 2.24) is 25.3 Å². The van der Waals surface area contributed by atoms with Crippen LogP contribution in [0.4, 0.5) is 0 Å². The van der Waals surface area contributed by atoms with Crippen LogP contribution in [0.5, 0.6) is 0 Å². The highest BCUT2D eigenvalue weighted by atomic mass is 35.5. The Kier molecular flexibility index (Phi) is 5.55. The molecule has 0 spiro atoms. The van der Waals surface area contributed by atoms with Gasteiger partial charge in [0.1, 0.15) is 0 Å². The zero-order valence-electron chi connectivity index (χ0n) is 12.2. The average molecular weight is 316 g/mol. The molecule has 1 saturated carbocycles. The fourth-order valence-corrected chi connectivity index (χ4v) is 2.37. The quantitative estimate of drug-likeness (QED) is 0.838. The molecule has 3 rings (SSSR count). The van der Waals surface area contributed by atoms with E-state index in [0.29, 0.717) is 24.8 Å². The fourth-order valence-electron chi connectivity index (χ4n) is 2.37. The van der Waals surface area contributed by atoms with Crippen LogP contribution in [0.2, 0.25) is 0 Å². The molecule has 21 heavy (non-hydrogen) atoms. The summed E-state index contributed by atoms with van der Waals surface area (Å²) in [6.07, 6.45) is 2.30. The molecule has 2 fully saturated rings. The molecule has 7 nitrogen and oxygen atoms in total. The first kappa shape index (κ1) is 16.2. The van der Waals surface area contributed by atoms with Crippen LogP contribution in [0, 0.1) is 0 Å². The zero-order valence-corrected chi connectivity index (χ0v) is 13.1. The van der Waals surface area contributed by atoms with Gasteiger partial charge in [-0.3, -0.25) is 9.69 Å². The molecule has 0 bridgehead atoms. The second kappa shape index (κ2) is 7.20. The van der Waals surface area contributed by atoms with Crippen molar-refractivity contribution >= 4 is 18.3 Å². The topological polar surface area (TPSA) is 74.5 Å². The van der Waals surface area contributed by atoms with Gasteiger partial charge in [0, 0.05) is 32.1 Å². The number of rotatable bonds is 5. The minimum atomic E-state index is 0. The van der Waals surface area contributed by atoms with Gasteiger partial charge in [0.2, 0.25) is 11.8 Å². The highest BCUT2D eigenvalue weighted by Crippen LogP contribution is 2.38. The van der Waals surface area contributed by atoms with Gasteiger partial charge in [0.15, 0.2) is 5.82 Å². The van der Waals surface area contributed by atoms with Crippen LogP contribution in [-0.2, 0) is 11.3 Å². The maximum absolute atomic E-state index is 12.1. The van der Waals surface area contributed by atoms with E-state index in [9.17, 15) is 4.79 Å². The maximum atomic E-state index is 12.1. The fraction of sp³-hybridized carbons (Fsp3) is 0.769. The normalized spacial score (nSPS) is 18.7. The van der Waals surface area contributed by atoms with Gasteiger partial charge >= 0.3 is 0 Å². The van der Waals surface area contributed by atoms with Crippen LogP contribution in [-0.4, -0.2) is 65.6 Å². The summed E-state index contributed by atoms with van der Waals surface area (Å²) in [5.41, 5.74) is 0. The van der Waals surface area contributed by atoms with Crippen molar-refractivity contribution < 1.29 is 9.32 Å². The monoisotopic (exact) mass is 315 g/mol. The number of halogens is 1. The van der Waals surface area contributed by atoms with Crippen molar-refractivity contribution in [2.45, 2.75) is 25.3 Å². The number of aromatic nitrogens is 2. The third-order valence-corrected chi connectivity index (χ3v) is 3.70. The van der Waals surface area contributed by atoms with E-state index in [1.807, 2.05) is 16.8 Å². The maximum Gasteiger partial charge on any atom is 0.236 e. The highest BCUT2D eigenvalue weighted by Gasteiger charge is 2.29. The number of carbonyl (C=O) groups excluding carboxylic acids is 1. The molecule has 2 aliphatic rings. The van der Waals surface area contributed by atoms with Crippen LogP contribution in [0.1, 0.15) is 30.5 Å². The Morgan fingerprint density at radius 2 is 2.14 bits per heavy atom. The largest absolute Gasteiger partial charge is 0.339 e. The second-order valence-corrected chi connectivity index (χ2v) is 5.63. The molecule has 8 heteroatoms. The molecule has 0 aromatic carbocycles. The van der Waals surface area contributed by atoms with Crippen molar-refractivity contribution in [2.75, 3.05) is 39.8 Å². The van der Waals surface area contributed by atoms with E-state index in [4.69, 9.17) is 4.52 Å². The van der Waals surface area contributed by atoms with E-state index in [-0.39, 0.29) is 18.3 Å². The number of carbonyl (C=O) groups is 1. The first-order valence-electron chi connectivity index (χ1n) is 7.22. The van der Waals surface area contributed by atoms with Crippen molar-refractivity contribution in [3.63, 3.8) is 0 Å². The van der Waals surface area contributed by atoms with E-state index in [0.717, 1.165) is 44.9 Å². The SMILES string of the molecule is CN(CC(=O)N1CCNCC1)Cc1noc(C2CC2)n1.Cl. The molecule has 1 N–H and O–H groups in total. The first-order valence-corrected chi connectivity index (χ1v) is 7.22. The molecule has 1 saturated heterocycles. The van der Waals surface area contributed by atoms with Gasteiger partial charge in [-0.25, -0.2) is 0 Å². The summed E-state index contributed by atoms with van der Waals surface area (Å²) < 4.78 is 5.22. The van der Waals surface area contributed by atoms with E-state index in [1.165, 1.54) is 0 Å². The molecule has 118 valence electrons. The predicted molar refractivity (Wildman–Crippen MR) is 79.3 cm³/mol. The lowest BCUT2D eigenvalue weighted by Gasteiger charge is -2.29. The molecule has 1 amide bonds. The van der Waals surface area contributed by atoms with Gasteiger partial charge in [0.25, 0.3) is 0 Å². The molecule has 0 radical (unpaired) electrons. The minimum absolute atomic E-state index is 0. The van der Waals surface area contributed by atoms with Crippen LogP contribution in [0.25, 0.3) is 0 Å². The number of nitrogens with one attached hydrogen (secondary N) is 1. The number of likely N-dealkylation sites (N-methyl/N-ethyl adjacent to an activating group) is 1. The number of hydrogen-bond acceptors (Lipinski definition) is 6. The molecule has 1 aliphatic carbocycles. The van der Waals surface area contributed by atoms with Crippen LogP contribution >= 0.6 is 12.4 Å². The van der Waals surface area contributed by atoms with Gasteiger partial charge < -0.3 is 14.7 Å². The summed E-state index contributed by atoms with van der Waals surface area (Å²) in [5, 5.41) is 7.22. The van der Waals surface area contributed by atoms with Crippen molar-refractivity contribution in [3.8, 4) is 0 Å². The Morgan fingerprint density at radius 1 is 1.43 bits per heavy atom. The number of piperazine rings is 1. The Balaban J connectivity index is 0.00000161. The van der Waals surface area contributed by atoms with Gasteiger partial charge in [-0.1, -0.05) is 5.16 Å². The lowest BCUT2D eigenvalue weighted by Crippen LogP contribution is -2.49. The van der Waals surface area contributed by atoms with Crippen molar-refractivity contribution in [1.29, 1.82) is 0 Å². The lowest BCUT2D eigenvalue weighted by molar-refractivity contribution is -0.132. The zero-order chi connectivity index (χ0) is 13.9. The van der Waals surface area contributed by atoms with Gasteiger partial charge in [0.05, 0.1) is 13.1 Å². The molecule has 1 aromatic heterocycles. The Bertz CT molecular complexity index is 471. The van der Waals surface area contributed by atoms with Gasteiger partial charge in [-0.2, -0.15) is 4.98 Å². The molecule has 1 aromatic rings. The standard InChI is InChI=1S/C13H21N5O2.ClH/c1-17(9-12(19)18-6-4-14-5-7-18)8-11-15-13(20-16-11)10-2-3-10;/h10,14H,2-9H2,1H3;1H. The van der Waals surface area contributed by atoms with Crippen molar-refractivity contribution in [3.05, 3.63) is 11.7 Å². The third-order valence-electron chi connectivity index (χ3n) is 3.70. The summed E-state index contributed by atoms with van der Waals surface area (Å²) in [6.45, 7) is 4.29. The van der Waals surface area contributed by atoms with Gasteiger partial charge in [-0.05, 0) is 19.9 Å². The first-order chi connectivity index (χ1) is 9.72. The second-order valence-electron chi connectivity index (χ2n) is 5.63. The summed E-state index contributed by atoms with van der Waals surface area (Å²) in [7, 11) is 1.91. The molecule has 0 unspecified atom stereocenters. The van der Waals surface area contributed by atoms with Crippen LogP contribution < -0.4 is 5.32 Å². The van der Waals surface area contributed by atoms with E-state index < -0.39 is 0 Å². The number of amides is 1. The summed E-state index contributed by atoms with van der Waals surface area (Å²) in [5.74, 6) is 2.06. The van der Waals surface area contributed by atoms with Crippen LogP contribution in [0.3, 0.4) is 0 Å². The van der Waals surface area contributed by atoms with E-state index in [2.05, 4.69) is 15.5 Å².